The third-order valence-electron chi connectivity index (χ3n) is 2.01. The quantitative estimate of drug-likeness (QED) is 0.597. The Labute approximate surface area is 89.2 Å². The van der Waals surface area contributed by atoms with E-state index in [2.05, 4.69) is 5.43 Å². The normalized spacial score (nSPS) is 12.6. The van der Waals surface area contributed by atoms with Crippen molar-refractivity contribution in [3.8, 4) is 5.75 Å². The number of nitrogens with one attached hydrogen (secondary N) is 1. The molecule has 0 aliphatic rings. The standard InChI is InChI=1S/C10H15ClN2O/c1-3-14-10-5-4-8(6-9(10)11)7(2)13-12/h4-7,13H,3,12H2,1-2H3. The van der Waals surface area contributed by atoms with E-state index < -0.39 is 0 Å². The molecule has 1 unspecified atom stereocenters. The van der Waals surface area contributed by atoms with Crippen molar-refractivity contribution in [3.63, 3.8) is 0 Å². The maximum atomic E-state index is 6.02. The molecule has 0 bridgehead atoms. The number of hydrazine groups is 1. The van der Waals surface area contributed by atoms with Crippen LogP contribution in [0.2, 0.25) is 5.02 Å². The van der Waals surface area contributed by atoms with Crippen molar-refractivity contribution in [2.24, 2.45) is 5.84 Å². The molecule has 0 saturated carbocycles. The van der Waals surface area contributed by atoms with Crippen LogP contribution in [0, 0.1) is 0 Å². The van der Waals surface area contributed by atoms with Crippen molar-refractivity contribution in [2.45, 2.75) is 19.9 Å². The summed E-state index contributed by atoms with van der Waals surface area (Å²) in [4.78, 5) is 0. The molecule has 3 N–H and O–H groups in total. The zero-order valence-corrected chi connectivity index (χ0v) is 9.14. The Bertz CT molecular complexity index is 304. The maximum absolute atomic E-state index is 6.02. The summed E-state index contributed by atoms with van der Waals surface area (Å²) < 4.78 is 5.32. The van der Waals surface area contributed by atoms with Gasteiger partial charge in [-0.05, 0) is 31.5 Å². The van der Waals surface area contributed by atoms with Gasteiger partial charge in [0.2, 0.25) is 0 Å². The predicted octanol–water partition coefficient (Wildman–Crippen LogP) is 2.26. The fourth-order valence-electron chi connectivity index (χ4n) is 1.16. The van der Waals surface area contributed by atoms with Crippen LogP contribution in [0.15, 0.2) is 18.2 Å². The van der Waals surface area contributed by atoms with Gasteiger partial charge >= 0.3 is 0 Å². The Morgan fingerprint density at radius 2 is 2.29 bits per heavy atom. The maximum Gasteiger partial charge on any atom is 0.137 e. The molecule has 1 aromatic carbocycles. The molecule has 1 aromatic rings. The zero-order chi connectivity index (χ0) is 10.6. The van der Waals surface area contributed by atoms with Crippen LogP contribution in [0.5, 0.6) is 5.75 Å². The van der Waals surface area contributed by atoms with Crippen LogP contribution in [0.3, 0.4) is 0 Å². The van der Waals surface area contributed by atoms with Crippen molar-refractivity contribution >= 4 is 11.6 Å². The SMILES string of the molecule is CCOc1ccc(C(C)NN)cc1Cl. The van der Waals surface area contributed by atoms with Crippen LogP contribution < -0.4 is 16.0 Å². The van der Waals surface area contributed by atoms with Crippen molar-refractivity contribution in [2.75, 3.05) is 6.61 Å². The van der Waals surface area contributed by atoms with Gasteiger partial charge in [-0.1, -0.05) is 17.7 Å². The van der Waals surface area contributed by atoms with Gasteiger partial charge in [0.05, 0.1) is 11.6 Å². The molecular weight excluding hydrogens is 200 g/mol. The summed E-state index contributed by atoms with van der Waals surface area (Å²) in [5.41, 5.74) is 3.70. The third kappa shape index (κ3) is 2.61. The van der Waals surface area contributed by atoms with Crippen molar-refractivity contribution in [1.29, 1.82) is 0 Å². The molecule has 0 aliphatic heterocycles. The Hall–Kier alpha value is -0.770. The first-order valence-electron chi connectivity index (χ1n) is 4.57. The van der Waals surface area contributed by atoms with Gasteiger partial charge in [0.15, 0.2) is 0 Å². The molecule has 0 fully saturated rings. The molecule has 3 nitrogen and oxygen atoms in total. The van der Waals surface area contributed by atoms with Crippen molar-refractivity contribution in [1.82, 2.24) is 5.43 Å². The molecule has 0 saturated heterocycles. The van der Waals surface area contributed by atoms with E-state index in [9.17, 15) is 0 Å². The van der Waals surface area contributed by atoms with Gasteiger partial charge in [-0.3, -0.25) is 11.3 Å². The number of ether oxygens (including phenoxy) is 1. The summed E-state index contributed by atoms with van der Waals surface area (Å²) in [5, 5.41) is 0.617. The highest BCUT2D eigenvalue weighted by molar-refractivity contribution is 6.32. The molecule has 0 aromatic heterocycles. The Morgan fingerprint density at radius 1 is 1.57 bits per heavy atom. The lowest BCUT2D eigenvalue weighted by atomic mass is 10.1. The molecule has 0 aliphatic carbocycles. The van der Waals surface area contributed by atoms with E-state index in [1.165, 1.54) is 0 Å². The number of halogens is 1. The summed E-state index contributed by atoms with van der Waals surface area (Å²) in [7, 11) is 0. The second-order valence-electron chi connectivity index (χ2n) is 3.01. The number of benzene rings is 1. The highest BCUT2D eigenvalue weighted by Gasteiger charge is 2.06. The summed E-state index contributed by atoms with van der Waals surface area (Å²) in [6.07, 6.45) is 0. The second-order valence-corrected chi connectivity index (χ2v) is 3.42. The van der Waals surface area contributed by atoms with E-state index in [4.69, 9.17) is 22.2 Å². The smallest absolute Gasteiger partial charge is 0.137 e. The first-order chi connectivity index (χ1) is 6.69. The number of nitrogens with two attached hydrogens (primary N) is 1. The van der Waals surface area contributed by atoms with Crippen LogP contribution in [-0.2, 0) is 0 Å². The van der Waals surface area contributed by atoms with E-state index >= 15 is 0 Å². The van der Waals surface area contributed by atoms with Gasteiger partial charge in [0, 0.05) is 6.04 Å². The summed E-state index contributed by atoms with van der Waals surface area (Å²) in [5.74, 6) is 6.04. The lowest BCUT2D eigenvalue weighted by Gasteiger charge is -2.12. The van der Waals surface area contributed by atoms with Gasteiger partial charge in [-0.25, -0.2) is 0 Å². The number of hydrogen-bond acceptors (Lipinski definition) is 3. The van der Waals surface area contributed by atoms with Gasteiger partial charge in [0.1, 0.15) is 5.75 Å². The average Bonchev–Trinajstić information content (AvgIpc) is 2.20. The molecular formula is C10H15ClN2O. The summed E-state index contributed by atoms with van der Waals surface area (Å²) >= 11 is 6.02. The zero-order valence-electron chi connectivity index (χ0n) is 8.38. The number of hydrogen-bond donors (Lipinski definition) is 2. The van der Waals surface area contributed by atoms with Gasteiger partial charge in [0.25, 0.3) is 0 Å². The molecule has 0 heterocycles. The summed E-state index contributed by atoms with van der Waals surface area (Å²) in [6.45, 7) is 4.50. The Kier molecular flexibility index (Phi) is 4.20. The fraction of sp³-hybridized carbons (Fsp3) is 0.400. The topological polar surface area (TPSA) is 47.3 Å². The van der Waals surface area contributed by atoms with Crippen LogP contribution in [0.4, 0.5) is 0 Å². The molecule has 78 valence electrons. The van der Waals surface area contributed by atoms with Crippen LogP contribution in [-0.4, -0.2) is 6.61 Å². The van der Waals surface area contributed by atoms with Gasteiger partial charge in [-0.15, -0.1) is 0 Å². The first-order valence-corrected chi connectivity index (χ1v) is 4.95. The lowest BCUT2D eigenvalue weighted by molar-refractivity contribution is 0.340. The van der Waals surface area contributed by atoms with E-state index in [0.29, 0.717) is 17.4 Å². The Balaban J connectivity index is 2.88. The number of rotatable bonds is 4. The molecule has 4 heteroatoms. The average molecular weight is 215 g/mol. The van der Waals surface area contributed by atoms with E-state index in [1.54, 1.807) is 0 Å². The first kappa shape index (κ1) is 11.3. The molecule has 0 radical (unpaired) electrons. The van der Waals surface area contributed by atoms with Gasteiger partial charge in [-0.2, -0.15) is 0 Å². The largest absolute Gasteiger partial charge is 0.492 e. The van der Waals surface area contributed by atoms with Crippen molar-refractivity contribution < 1.29 is 4.74 Å². The van der Waals surface area contributed by atoms with Crippen LogP contribution in [0.1, 0.15) is 25.5 Å². The Morgan fingerprint density at radius 3 is 2.79 bits per heavy atom. The minimum absolute atomic E-state index is 0.0863. The molecule has 1 rings (SSSR count). The van der Waals surface area contributed by atoms with Crippen molar-refractivity contribution in [3.05, 3.63) is 28.8 Å². The van der Waals surface area contributed by atoms with Crippen LogP contribution >= 0.6 is 11.6 Å². The highest BCUT2D eigenvalue weighted by Crippen LogP contribution is 2.27. The van der Waals surface area contributed by atoms with E-state index in [0.717, 1.165) is 5.56 Å². The summed E-state index contributed by atoms with van der Waals surface area (Å²) in [6, 6.07) is 5.75. The van der Waals surface area contributed by atoms with E-state index in [-0.39, 0.29) is 6.04 Å². The molecule has 0 amide bonds. The molecule has 1 atom stereocenters. The lowest BCUT2D eigenvalue weighted by Crippen LogP contribution is -2.25. The van der Waals surface area contributed by atoms with Gasteiger partial charge < -0.3 is 4.74 Å². The second kappa shape index (κ2) is 5.20. The minimum atomic E-state index is 0.0863. The fourth-order valence-corrected chi connectivity index (χ4v) is 1.40. The monoisotopic (exact) mass is 214 g/mol. The molecule has 0 spiro atoms. The molecule has 14 heavy (non-hydrogen) atoms. The minimum Gasteiger partial charge on any atom is -0.492 e. The predicted molar refractivity (Wildman–Crippen MR) is 58.4 cm³/mol. The highest BCUT2D eigenvalue weighted by atomic mass is 35.5. The van der Waals surface area contributed by atoms with Crippen LogP contribution in [0.25, 0.3) is 0 Å². The third-order valence-corrected chi connectivity index (χ3v) is 2.30. The van der Waals surface area contributed by atoms with E-state index in [1.807, 2.05) is 32.0 Å².